The molecule has 24 heavy (non-hydrogen) atoms. The van der Waals surface area contributed by atoms with Crippen LogP contribution >= 0.6 is 0 Å². The van der Waals surface area contributed by atoms with Crippen molar-refractivity contribution < 1.29 is 14.1 Å². The number of hydrogen-bond donors (Lipinski definition) is 1. The van der Waals surface area contributed by atoms with Gasteiger partial charge in [-0.2, -0.15) is 4.98 Å². The van der Waals surface area contributed by atoms with Crippen LogP contribution in [0.15, 0.2) is 53.1 Å². The Morgan fingerprint density at radius 2 is 1.96 bits per heavy atom. The van der Waals surface area contributed by atoms with Crippen LogP contribution < -0.4 is 10.1 Å². The van der Waals surface area contributed by atoms with Gasteiger partial charge in [0, 0.05) is 11.3 Å². The van der Waals surface area contributed by atoms with E-state index in [4.69, 9.17) is 9.26 Å². The van der Waals surface area contributed by atoms with Gasteiger partial charge in [-0.15, -0.1) is 0 Å². The van der Waals surface area contributed by atoms with Crippen molar-refractivity contribution >= 4 is 11.6 Å². The summed E-state index contributed by atoms with van der Waals surface area (Å²) in [6.07, 6.45) is 0. The maximum atomic E-state index is 12.0. The summed E-state index contributed by atoms with van der Waals surface area (Å²) in [5, 5.41) is 6.55. The molecule has 6 nitrogen and oxygen atoms in total. The number of ether oxygens (including phenoxy) is 1. The van der Waals surface area contributed by atoms with Gasteiger partial charge < -0.3 is 14.6 Å². The number of nitrogens with zero attached hydrogens (tertiary/aromatic N) is 2. The lowest BCUT2D eigenvalue weighted by atomic mass is 10.2. The standard InChI is InChI=1S/C18H17N3O3/c1-12-6-8-16(9-7-12)23-11-17(22)20-15-5-3-4-14(10-15)18-19-13(2)21-24-18/h3-10H,11H2,1-2H3,(H,20,22). The predicted molar refractivity (Wildman–Crippen MR) is 89.8 cm³/mol. The molecule has 0 bridgehead atoms. The molecule has 0 aliphatic heterocycles. The molecule has 0 unspecified atom stereocenters. The third-order valence-corrected chi connectivity index (χ3v) is 3.31. The Kier molecular flexibility index (Phi) is 4.56. The Hall–Kier alpha value is -3.15. The fourth-order valence-corrected chi connectivity index (χ4v) is 2.12. The van der Waals surface area contributed by atoms with Gasteiger partial charge in [-0.25, -0.2) is 0 Å². The molecule has 0 saturated carbocycles. The van der Waals surface area contributed by atoms with Crippen LogP contribution in [0.5, 0.6) is 5.75 Å². The van der Waals surface area contributed by atoms with Crippen molar-refractivity contribution in [3.63, 3.8) is 0 Å². The second kappa shape index (κ2) is 6.95. The molecule has 0 atom stereocenters. The maximum Gasteiger partial charge on any atom is 0.262 e. The van der Waals surface area contributed by atoms with E-state index in [1.807, 2.05) is 43.3 Å². The SMILES string of the molecule is Cc1ccc(OCC(=O)Nc2cccc(-c3nc(C)no3)c2)cc1. The highest BCUT2D eigenvalue weighted by Crippen LogP contribution is 2.21. The van der Waals surface area contributed by atoms with Crippen molar-refractivity contribution in [1.82, 2.24) is 10.1 Å². The van der Waals surface area contributed by atoms with E-state index in [1.165, 1.54) is 0 Å². The summed E-state index contributed by atoms with van der Waals surface area (Å²) in [5.74, 6) is 1.39. The van der Waals surface area contributed by atoms with E-state index in [9.17, 15) is 4.79 Å². The molecule has 0 saturated heterocycles. The molecule has 0 radical (unpaired) electrons. The molecule has 1 N–H and O–H groups in total. The fourth-order valence-electron chi connectivity index (χ4n) is 2.12. The van der Waals surface area contributed by atoms with E-state index in [1.54, 1.807) is 19.1 Å². The number of amides is 1. The topological polar surface area (TPSA) is 77.2 Å². The van der Waals surface area contributed by atoms with Crippen LogP contribution in [0.25, 0.3) is 11.5 Å². The first kappa shape index (κ1) is 15.7. The molecule has 3 rings (SSSR count). The highest BCUT2D eigenvalue weighted by Gasteiger charge is 2.09. The van der Waals surface area contributed by atoms with Crippen LogP contribution in [-0.2, 0) is 4.79 Å². The van der Waals surface area contributed by atoms with Gasteiger partial charge in [0.2, 0.25) is 0 Å². The normalized spacial score (nSPS) is 10.4. The summed E-state index contributed by atoms with van der Waals surface area (Å²) in [4.78, 5) is 16.2. The van der Waals surface area contributed by atoms with Crippen LogP contribution in [0, 0.1) is 13.8 Å². The summed E-state index contributed by atoms with van der Waals surface area (Å²) in [7, 11) is 0. The van der Waals surface area contributed by atoms with Crippen molar-refractivity contribution in [1.29, 1.82) is 0 Å². The lowest BCUT2D eigenvalue weighted by Crippen LogP contribution is -2.20. The predicted octanol–water partition coefficient (Wildman–Crippen LogP) is 3.37. The number of anilines is 1. The summed E-state index contributed by atoms with van der Waals surface area (Å²) in [6.45, 7) is 3.68. The zero-order chi connectivity index (χ0) is 16.9. The quantitative estimate of drug-likeness (QED) is 0.779. The lowest BCUT2D eigenvalue weighted by Gasteiger charge is -2.08. The number of nitrogens with one attached hydrogen (secondary N) is 1. The number of benzene rings is 2. The van der Waals surface area contributed by atoms with Gasteiger partial charge in [-0.05, 0) is 44.2 Å². The van der Waals surface area contributed by atoms with Gasteiger partial charge in [0.1, 0.15) is 5.75 Å². The van der Waals surface area contributed by atoms with Crippen molar-refractivity contribution in [2.24, 2.45) is 0 Å². The number of aromatic nitrogens is 2. The Bertz CT molecular complexity index is 841. The minimum Gasteiger partial charge on any atom is -0.484 e. The summed E-state index contributed by atoms with van der Waals surface area (Å²) in [6, 6.07) is 14.7. The minimum atomic E-state index is -0.241. The van der Waals surface area contributed by atoms with Gasteiger partial charge in [0.25, 0.3) is 11.8 Å². The van der Waals surface area contributed by atoms with E-state index in [-0.39, 0.29) is 12.5 Å². The molecule has 1 amide bonds. The van der Waals surface area contributed by atoms with Gasteiger partial charge in [-0.1, -0.05) is 28.9 Å². The first-order chi connectivity index (χ1) is 11.6. The molecular formula is C18H17N3O3. The third-order valence-electron chi connectivity index (χ3n) is 3.31. The molecule has 0 fully saturated rings. The molecule has 0 spiro atoms. The summed E-state index contributed by atoms with van der Waals surface area (Å²) < 4.78 is 10.6. The molecule has 6 heteroatoms. The van der Waals surface area contributed by atoms with E-state index in [0.717, 1.165) is 11.1 Å². The van der Waals surface area contributed by atoms with Crippen molar-refractivity contribution in [2.45, 2.75) is 13.8 Å². The molecule has 122 valence electrons. The number of carbonyl (C=O) groups is 1. The molecule has 3 aromatic rings. The average molecular weight is 323 g/mol. The second-order valence-corrected chi connectivity index (χ2v) is 5.38. The minimum absolute atomic E-state index is 0.0625. The molecule has 2 aromatic carbocycles. The van der Waals surface area contributed by atoms with Crippen molar-refractivity contribution in [3.8, 4) is 17.2 Å². The van der Waals surface area contributed by atoms with E-state index >= 15 is 0 Å². The zero-order valence-corrected chi connectivity index (χ0v) is 13.4. The second-order valence-electron chi connectivity index (χ2n) is 5.38. The van der Waals surface area contributed by atoms with Gasteiger partial charge in [0.05, 0.1) is 0 Å². The van der Waals surface area contributed by atoms with Crippen LogP contribution in [-0.4, -0.2) is 22.7 Å². The lowest BCUT2D eigenvalue weighted by molar-refractivity contribution is -0.118. The molecule has 1 aromatic heterocycles. The maximum absolute atomic E-state index is 12.0. The van der Waals surface area contributed by atoms with Gasteiger partial charge in [0.15, 0.2) is 12.4 Å². The Morgan fingerprint density at radius 3 is 2.67 bits per heavy atom. The number of rotatable bonds is 5. The van der Waals surface area contributed by atoms with Crippen molar-refractivity contribution in [3.05, 3.63) is 59.9 Å². The third kappa shape index (κ3) is 3.98. The summed E-state index contributed by atoms with van der Waals surface area (Å²) in [5.41, 5.74) is 2.52. The first-order valence-electron chi connectivity index (χ1n) is 7.50. The van der Waals surface area contributed by atoms with E-state index in [2.05, 4.69) is 15.5 Å². The highest BCUT2D eigenvalue weighted by molar-refractivity contribution is 5.92. The van der Waals surface area contributed by atoms with Gasteiger partial charge >= 0.3 is 0 Å². The van der Waals surface area contributed by atoms with E-state index < -0.39 is 0 Å². The Balaban J connectivity index is 1.61. The molecule has 0 aliphatic carbocycles. The summed E-state index contributed by atoms with van der Waals surface area (Å²) >= 11 is 0. The number of hydrogen-bond acceptors (Lipinski definition) is 5. The molecule has 0 aliphatic rings. The van der Waals surface area contributed by atoms with Crippen LogP contribution in [0.3, 0.4) is 0 Å². The van der Waals surface area contributed by atoms with Crippen molar-refractivity contribution in [2.75, 3.05) is 11.9 Å². The average Bonchev–Trinajstić information content (AvgIpc) is 3.01. The monoisotopic (exact) mass is 323 g/mol. The number of aryl methyl sites for hydroxylation is 2. The fraction of sp³-hybridized carbons (Fsp3) is 0.167. The van der Waals surface area contributed by atoms with Crippen LogP contribution in [0.4, 0.5) is 5.69 Å². The highest BCUT2D eigenvalue weighted by atomic mass is 16.5. The zero-order valence-electron chi connectivity index (χ0n) is 13.4. The smallest absolute Gasteiger partial charge is 0.262 e. The first-order valence-corrected chi connectivity index (χ1v) is 7.50. The van der Waals surface area contributed by atoms with Gasteiger partial charge in [-0.3, -0.25) is 4.79 Å². The molecule has 1 heterocycles. The largest absolute Gasteiger partial charge is 0.484 e. The van der Waals surface area contributed by atoms with Crippen LogP contribution in [0.2, 0.25) is 0 Å². The Labute approximate surface area is 139 Å². The Morgan fingerprint density at radius 1 is 1.17 bits per heavy atom. The molecular weight excluding hydrogens is 306 g/mol. The van der Waals surface area contributed by atoms with Crippen LogP contribution in [0.1, 0.15) is 11.4 Å². The number of carbonyl (C=O) groups excluding carboxylic acids is 1. The van der Waals surface area contributed by atoms with E-state index in [0.29, 0.717) is 23.2 Å².